The van der Waals surface area contributed by atoms with Gasteiger partial charge in [0.1, 0.15) is 11.5 Å². The second-order valence-corrected chi connectivity index (χ2v) is 6.28. The molecule has 0 radical (unpaired) electrons. The van der Waals surface area contributed by atoms with E-state index in [4.69, 9.17) is 4.42 Å². The minimum Gasteiger partial charge on any atom is -0.481 e. The number of carbonyl (C=O) groups excluding carboxylic acids is 1. The van der Waals surface area contributed by atoms with Crippen LogP contribution in [0.2, 0.25) is 0 Å². The van der Waals surface area contributed by atoms with Crippen LogP contribution in [-0.4, -0.2) is 35.0 Å². The van der Waals surface area contributed by atoms with Gasteiger partial charge in [-0.25, -0.2) is 0 Å². The number of rotatable bonds is 3. The van der Waals surface area contributed by atoms with Gasteiger partial charge >= 0.3 is 5.97 Å². The van der Waals surface area contributed by atoms with Gasteiger partial charge in [0.15, 0.2) is 0 Å². The second-order valence-electron chi connectivity index (χ2n) is 6.28. The van der Waals surface area contributed by atoms with Crippen LogP contribution >= 0.6 is 0 Å². The molecule has 24 heavy (non-hydrogen) atoms. The number of hydrogen-bond acceptors (Lipinski definition) is 3. The molecule has 1 fully saturated rings. The van der Waals surface area contributed by atoms with E-state index in [1.807, 2.05) is 44.2 Å². The van der Waals surface area contributed by atoms with Crippen LogP contribution in [-0.2, 0) is 4.79 Å². The van der Waals surface area contributed by atoms with Crippen LogP contribution in [0, 0.1) is 19.8 Å². The van der Waals surface area contributed by atoms with Crippen molar-refractivity contribution < 1.29 is 19.1 Å². The Morgan fingerprint density at radius 2 is 1.92 bits per heavy atom. The lowest BCUT2D eigenvalue weighted by atomic mass is 9.96. The van der Waals surface area contributed by atoms with Crippen LogP contribution in [0.5, 0.6) is 0 Å². The number of likely N-dealkylation sites (tertiary alicyclic amines) is 1. The van der Waals surface area contributed by atoms with E-state index in [1.165, 1.54) is 0 Å². The van der Waals surface area contributed by atoms with E-state index in [-0.39, 0.29) is 12.5 Å². The minimum absolute atomic E-state index is 0.144. The zero-order valence-corrected chi connectivity index (χ0v) is 13.9. The third-order valence-corrected chi connectivity index (χ3v) is 4.69. The van der Waals surface area contributed by atoms with Crippen molar-refractivity contribution in [2.75, 3.05) is 13.1 Å². The van der Waals surface area contributed by atoms with Crippen LogP contribution in [0.4, 0.5) is 0 Å². The Hall–Kier alpha value is -2.56. The lowest BCUT2D eigenvalue weighted by Gasteiger charge is -2.30. The molecule has 1 aliphatic heterocycles. The molecule has 1 N–H and O–H groups in total. The number of carboxylic acids is 1. The highest BCUT2D eigenvalue weighted by Crippen LogP contribution is 2.32. The Morgan fingerprint density at radius 3 is 2.58 bits per heavy atom. The molecule has 1 unspecified atom stereocenters. The van der Waals surface area contributed by atoms with Gasteiger partial charge in [-0.15, -0.1) is 0 Å². The van der Waals surface area contributed by atoms with Crippen molar-refractivity contribution in [3.8, 4) is 11.3 Å². The van der Waals surface area contributed by atoms with Crippen molar-refractivity contribution in [2.45, 2.75) is 26.7 Å². The number of aliphatic carboxylic acids is 1. The molecule has 5 nitrogen and oxygen atoms in total. The van der Waals surface area contributed by atoms with Gasteiger partial charge in [0.05, 0.1) is 11.5 Å². The van der Waals surface area contributed by atoms with Crippen LogP contribution in [0.15, 0.2) is 34.7 Å². The average molecular weight is 327 g/mol. The third-order valence-electron chi connectivity index (χ3n) is 4.69. The Labute approximate surface area is 140 Å². The molecule has 1 aliphatic rings. The van der Waals surface area contributed by atoms with Crippen LogP contribution in [0.3, 0.4) is 0 Å². The molecule has 1 amide bonds. The zero-order chi connectivity index (χ0) is 17.3. The lowest BCUT2D eigenvalue weighted by Crippen LogP contribution is -2.42. The SMILES string of the molecule is Cc1oc(-c2ccccc2)c(C(=O)N2CCCC(C(=O)O)C2)c1C. The summed E-state index contributed by atoms with van der Waals surface area (Å²) in [4.78, 5) is 26.0. The number of nitrogens with zero attached hydrogens (tertiary/aromatic N) is 1. The van der Waals surface area contributed by atoms with Crippen molar-refractivity contribution in [3.63, 3.8) is 0 Å². The number of piperidine rings is 1. The highest BCUT2D eigenvalue weighted by Gasteiger charge is 2.32. The molecule has 0 spiro atoms. The standard InChI is InChI=1S/C19H21NO4/c1-12-13(2)24-17(14-7-4-3-5-8-14)16(12)18(21)20-10-6-9-15(11-20)19(22)23/h3-5,7-8,15H,6,9-11H2,1-2H3,(H,22,23). The van der Waals surface area contributed by atoms with Gasteiger partial charge in [0.2, 0.25) is 0 Å². The molecular weight excluding hydrogens is 306 g/mol. The molecule has 0 bridgehead atoms. The first-order valence-electron chi connectivity index (χ1n) is 8.16. The fourth-order valence-corrected chi connectivity index (χ4v) is 3.20. The van der Waals surface area contributed by atoms with E-state index >= 15 is 0 Å². The van der Waals surface area contributed by atoms with Gasteiger partial charge in [0, 0.05) is 24.2 Å². The molecular formula is C19H21NO4. The predicted octanol–water partition coefficient (Wildman–Crippen LogP) is 3.50. The van der Waals surface area contributed by atoms with Gasteiger partial charge in [0.25, 0.3) is 5.91 Å². The highest BCUT2D eigenvalue weighted by molar-refractivity contribution is 6.01. The summed E-state index contributed by atoms with van der Waals surface area (Å²) >= 11 is 0. The quantitative estimate of drug-likeness (QED) is 0.936. The average Bonchev–Trinajstić information content (AvgIpc) is 2.90. The number of hydrogen-bond donors (Lipinski definition) is 1. The van der Waals surface area contributed by atoms with Crippen molar-refractivity contribution in [2.24, 2.45) is 5.92 Å². The molecule has 1 saturated heterocycles. The summed E-state index contributed by atoms with van der Waals surface area (Å²) in [7, 11) is 0. The molecule has 0 aliphatic carbocycles. The van der Waals surface area contributed by atoms with Gasteiger partial charge in [-0.2, -0.15) is 0 Å². The molecule has 0 saturated carbocycles. The monoisotopic (exact) mass is 327 g/mol. The Bertz CT molecular complexity index is 763. The summed E-state index contributed by atoms with van der Waals surface area (Å²) in [5.74, 6) is -0.196. The number of carbonyl (C=O) groups is 2. The van der Waals surface area contributed by atoms with Crippen LogP contribution in [0.25, 0.3) is 11.3 Å². The van der Waals surface area contributed by atoms with E-state index in [1.54, 1.807) is 4.90 Å². The molecule has 1 atom stereocenters. The molecule has 2 aromatic rings. The molecule has 1 aromatic carbocycles. The van der Waals surface area contributed by atoms with Crippen LogP contribution in [0.1, 0.15) is 34.5 Å². The topological polar surface area (TPSA) is 70.8 Å². The van der Waals surface area contributed by atoms with Crippen molar-refractivity contribution in [1.82, 2.24) is 4.90 Å². The summed E-state index contributed by atoms with van der Waals surface area (Å²) in [6, 6.07) is 9.53. The number of aryl methyl sites for hydroxylation is 1. The summed E-state index contributed by atoms with van der Waals surface area (Å²) in [5, 5.41) is 9.24. The number of amides is 1. The third kappa shape index (κ3) is 2.94. The van der Waals surface area contributed by atoms with E-state index in [0.29, 0.717) is 36.5 Å². The van der Waals surface area contributed by atoms with E-state index in [2.05, 4.69) is 0 Å². The minimum atomic E-state index is -0.837. The first-order valence-corrected chi connectivity index (χ1v) is 8.16. The smallest absolute Gasteiger partial charge is 0.308 e. The Kier molecular flexibility index (Phi) is 4.42. The number of benzene rings is 1. The fourth-order valence-electron chi connectivity index (χ4n) is 3.20. The van der Waals surface area contributed by atoms with Crippen LogP contribution < -0.4 is 0 Å². The summed E-state index contributed by atoms with van der Waals surface area (Å²) in [6.45, 7) is 4.55. The van der Waals surface area contributed by atoms with Crippen molar-refractivity contribution in [3.05, 3.63) is 47.2 Å². The maximum absolute atomic E-state index is 13.1. The van der Waals surface area contributed by atoms with Gasteiger partial charge < -0.3 is 14.4 Å². The number of furan rings is 1. The second kappa shape index (κ2) is 6.51. The summed E-state index contributed by atoms with van der Waals surface area (Å²) in [5.41, 5.74) is 2.21. The van der Waals surface area contributed by atoms with Gasteiger partial charge in [-0.1, -0.05) is 30.3 Å². The normalized spacial score (nSPS) is 17.8. The van der Waals surface area contributed by atoms with Crippen molar-refractivity contribution in [1.29, 1.82) is 0 Å². The maximum atomic E-state index is 13.1. The van der Waals surface area contributed by atoms with E-state index in [9.17, 15) is 14.7 Å². The molecule has 1 aromatic heterocycles. The zero-order valence-electron chi connectivity index (χ0n) is 13.9. The summed E-state index contributed by atoms with van der Waals surface area (Å²) in [6.07, 6.45) is 1.33. The van der Waals surface area contributed by atoms with Gasteiger partial charge in [-0.3, -0.25) is 9.59 Å². The molecule has 3 rings (SSSR count). The lowest BCUT2D eigenvalue weighted by molar-refractivity contribution is -0.143. The van der Waals surface area contributed by atoms with Crippen molar-refractivity contribution >= 4 is 11.9 Å². The fraction of sp³-hybridized carbons (Fsp3) is 0.368. The molecule has 5 heteroatoms. The van der Waals surface area contributed by atoms with E-state index in [0.717, 1.165) is 11.1 Å². The highest BCUT2D eigenvalue weighted by atomic mass is 16.4. The molecule has 126 valence electrons. The largest absolute Gasteiger partial charge is 0.481 e. The predicted molar refractivity (Wildman–Crippen MR) is 89.9 cm³/mol. The summed E-state index contributed by atoms with van der Waals surface area (Å²) < 4.78 is 5.85. The first kappa shape index (κ1) is 16.3. The Morgan fingerprint density at radius 1 is 1.21 bits per heavy atom. The van der Waals surface area contributed by atoms with E-state index < -0.39 is 11.9 Å². The van der Waals surface area contributed by atoms with Gasteiger partial charge in [-0.05, 0) is 26.7 Å². The molecule has 2 heterocycles. The first-order chi connectivity index (χ1) is 11.5. The number of carboxylic acid groups (broad SMARTS) is 1. The maximum Gasteiger partial charge on any atom is 0.308 e. The Balaban J connectivity index is 1.97.